The Morgan fingerprint density at radius 1 is 1.65 bits per heavy atom. The molecule has 1 aromatic rings. The van der Waals surface area contributed by atoms with Crippen LogP contribution in [0.3, 0.4) is 0 Å². The molecule has 4 nitrogen and oxygen atoms in total. The Bertz CT molecular complexity index is 471. The Kier molecular flexibility index (Phi) is 3.53. The largest absolute Gasteiger partial charge is 0.465 e. The molecule has 0 spiro atoms. The van der Waals surface area contributed by atoms with E-state index in [9.17, 15) is 9.59 Å². The predicted molar refractivity (Wildman–Crippen MR) is 70.1 cm³/mol. The monoisotopic (exact) mass is 317 g/mol. The summed E-state index contributed by atoms with van der Waals surface area (Å²) in [7, 11) is 1.35. The van der Waals surface area contributed by atoms with Crippen molar-refractivity contribution in [3.8, 4) is 0 Å². The molecular weight excluding hydrogens is 306 g/mol. The highest BCUT2D eigenvalue weighted by Crippen LogP contribution is 2.35. The van der Waals surface area contributed by atoms with E-state index in [1.165, 1.54) is 18.4 Å². The maximum atomic E-state index is 11.8. The van der Waals surface area contributed by atoms with Crippen molar-refractivity contribution in [2.24, 2.45) is 0 Å². The van der Waals surface area contributed by atoms with Crippen LogP contribution in [-0.4, -0.2) is 30.4 Å². The zero-order chi connectivity index (χ0) is 12.6. The van der Waals surface area contributed by atoms with Gasteiger partial charge in [-0.3, -0.25) is 4.79 Å². The number of carbonyl (C=O) groups is 2. The van der Waals surface area contributed by atoms with Crippen LogP contribution in [0, 0.1) is 6.92 Å². The third-order valence-corrected chi connectivity index (χ3v) is 4.40. The van der Waals surface area contributed by atoms with Crippen LogP contribution in [0.1, 0.15) is 22.3 Å². The van der Waals surface area contributed by atoms with E-state index in [0.29, 0.717) is 23.5 Å². The van der Waals surface area contributed by atoms with E-state index in [-0.39, 0.29) is 16.7 Å². The van der Waals surface area contributed by atoms with Crippen molar-refractivity contribution in [2.45, 2.75) is 18.2 Å². The number of halogens is 1. The molecule has 1 fully saturated rings. The average molecular weight is 318 g/mol. The number of ether oxygens (including phenoxy) is 1. The summed E-state index contributed by atoms with van der Waals surface area (Å²) < 4.78 is 4.76. The van der Waals surface area contributed by atoms with E-state index in [2.05, 4.69) is 15.9 Å². The summed E-state index contributed by atoms with van der Waals surface area (Å²) in [4.78, 5) is 25.3. The number of methoxy groups -OCH3 is 1. The van der Waals surface area contributed by atoms with Crippen LogP contribution in [-0.2, 0) is 9.53 Å². The number of rotatable bonds is 2. The lowest BCUT2D eigenvalue weighted by atomic mass is 10.2. The number of alkyl halides is 1. The molecular formula is C11H12BrNO3S. The molecule has 2 heterocycles. The minimum Gasteiger partial charge on any atom is -0.465 e. The van der Waals surface area contributed by atoms with E-state index >= 15 is 0 Å². The molecule has 1 aliphatic heterocycles. The van der Waals surface area contributed by atoms with Crippen LogP contribution in [0.15, 0.2) is 5.38 Å². The molecule has 1 unspecified atom stereocenters. The number of hydrogen-bond donors (Lipinski definition) is 0. The molecule has 0 bridgehead atoms. The lowest BCUT2D eigenvalue weighted by Crippen LogP contribution is -2.25. The molecule has 0 saturated carbocycles. The van der Waals surface area contributed by atoms with Crippen molar-refractivity contribution in [1.82, 2.24) is 0 Å². The number of hydrogen-bond acceptors (Lipinski definition) is 4. The number of amides is 1. The zero-order valence-electron chi connectivity index (χ0n) is 9.53. The Hall–Kier alpha value is -0.880. The second-order valence-electron chi connectivity index (χ2n) is 3.90. The van der Waals surface area contributed by atoms with Crippen LogP contribution >= 0.6 is 27.3 Å². The standard InChI is InChI=1S/C11H12BrNO3S/c1-6-5-17-10(9(6)11(15)16-2)13-4-7(12)3-8(13)14/h5,7H,3-4H2,1-2H3. The highest BCUT2D eigenvalue weighted by atomic mass is 79.9. The second kappa shape index (κ2) is 4.78. The number of aryl methyl sites for hydroxylation is 1. The fourth-order valence-corrected chi connectivity index (χ4v) is 3.48. The average Bonchev–Trinajstić information content (AvgIpc) is 2.80. The Labute approximate surface area is 112 Å². The maximum Gasteiger partial charge on any atom is 0.341 e. The number of thiophene rings is 1. The van der Waals surface area contributed by atoms with Crippen molar-refractivity contribution < 1.29 is 14.3 Å². The van der Waals surface area contributed by atoms with Gasteiger partial charge in [0.1, 0.15) is 5.00 Å². The van der Waals surface area contributed by atoms with Gasteiger partial charge in [-0.1, -0.05) is 15.9 Å². The quantitative estimate of drug-likeness (QED) is 0.621. The van der Waals surface area contributed by atoms with E-state index in [4.69, 9.17) is 4.74 Å². The van der Waals surface area contributed by atoms with E-state index in [1.54, 1.807) is 4.90 Å². The molecule has 1 amide bonds. The number of nitrogens with zero attached hydrogens (tertiary/aromatic N) is 1. The fourth-order valence-electron chi connectivity index (χ4n) is 1.84. The van der Waals surface area contributed by atoms with Gasteiger partial charge in [0.15, 0.2) is 0 Å². The molecule has 1 aromatic heterocycles. The third-order valence-electron chi connectivity index (χ3n) is 2.67. The van der Waals surface area contributed by atoms with Crippen LogP contribution in [0.25, 0.3) is 0 Å². The summed E-state index contributed by atoms with van der Waals surface area (Å²) in [5, 5.41) is 2.57. The SMILES string of the molecule is COC(=O)c1c(C)csc1N1CC(Br)CC1=O. The summed E-state index contributed by atoms with van der Waals surface area (Å²) in [5.41, 5.74) is 1.36. The third kappa shape index (κ3) is 2.24. The Balaban J connectivity index is 2.39. The minimum atomic E-state index is -0.385. The molecule has 1 saturated heterocycles. The van der Waals surface area contributed by atoms with Gasteiger partial charge in [0.2, 0.25) is 5.91 Å². The molecule has 2 rings (SSSR count). The highest BCUT2D eigenvalue weighted by molar-refractivity contribution is 9.09. The van der Waals surface area contributed by atoms with Crippen molar-refractivity contribution in [3.05, 3.63) is 16.5 Å². The normalized spacial score (nSPS) is 19.8. The van der Waals surface area contributed by atoms with Crippen LogP contribution in [0.2, 0.25) is 0 Å². The second-order valence-corrected chi connectivity index (χ2v) is 6.05. The fraction of sp³-hybridized carbons (Fsp3) is 0.455. The zero-order valence-corrected chi connectivity index (χ0v) is 11.9. The molecule has 1 atom stereocenters. The molecule has 92 valence electrons. The number of anilines is 1. The van der Waals surface area contributed by atoms with E-state index in [1.807, 2.05) is 12.3 Å². The van der Waals surface area contributed by atoms with Crippen molar-refractivity contribution >= 4 is 44.1 Å². The molecule has 0 N–H and O–H groups in total. The highest BCUT2D eigenvalue weighted by Gasteiger charge is 2.33. The predicted octanol–water partition coefficient (Wildman–Crippen LogP) is 2.34. The lowest BCUT2D eigenvalue weighted by molar-refractivity contribution is -0.116. The Morgan fingerprint density at radius 3 is 2.88 bits per heavy atom. The van der Waals surface area contributed by atoms with Crippen LogP contribution in [0.5, 0.6) is 0 Å². The summed E-state index contributed by atoms with van der Waals surface area (Å²) in [6, 6.07) is 0. The van der Waals surface area contributed by atoms with Gasteiger partial charge in [-0.15, -0.1) is 11.3 Å². The first kappa shape index (κ1) is 12.6. The van der Waals surface area contributed by atoms with Gasteiger partial charge in [-0.2, -0.15) is 0 Å². The van der Waals surface area contributed by atoms with Crippen molar-refractivity contribution in [3.63, 3.8) is 0 Å². The smallest absolute Gasteiger partial charge is 0.341 e. The summed E-state index contributed by atoms with van der Waals surface area (Å²) in [6.07, 6.45) is 0.470. The number of carbonyl (C=O) groups excluding carboxylic acids is 2. The molecule has 1 aliphatic rings. The van der Waals surface area contributed by atoms with Crippen LogP contribution in [0.4, 0.5) is 5.00 Å². The first-order chi connectivity index (χ1) is 8.04. The maximum absolute atomic E-state index is 11.8. The van der Waals surface area contributed by atoms with Gasteiger partial charge >= 0.3 is 5.97 Å². The van der Waals surface area contributed by atoms with Gasteiger partial charge < -0.3 is 9.64 Å². The van der Waals surface area contributed by atoms with Crippen LogP contribution < -0.4 is 4.90 Å². The van der Waals surface area contributed by atoms with Gasteiger partial charge in [0.05, 0.1) is 12.7 Å². The lowest BCUT2D eigenvalue weighted by Gasteiger charge is -2.15. The number of esters is 1. The molecule has 0 radical (unpaired) electrons. The summed E-state index contributed by atoms with van der Waals surface area (Å²) >= 11 is 4.83. The minimum absolute atomic E-state index is 0.0406. The molecule has 6 heteroatoms. The first-order valence-corrected chi connectivity index (χ1v) is 6.95. The van der Waals surface area contributed by atoms with Gasteiger partial charge in [0, 0.05) is 17.8 Å². The summed E-state index contributed by atoms with van der Waals surface area (Å²) in [5.74, 6) is -0.344. The van der Waals surface area contributed by atoms with Gasteiger partial charge in [0.25, 0.3) is 0 Å². The van der Waals surface area contributed by atoms with E-state index in [0.717, 1.165) is 5.56 Å². The van der Waals surface area contributed by atoms with Gasteiger partial charge in [-0.05, 0) is 17.9 Å². The van der Waals surface area contributed by atoms with Crippen molar-refractivity contribution in [1.29, 1.82) is 0 Å². The molecule has 17 heavy (non-hydrogen) atoms. The summed E-state index contributed by atoms with van der Waals surface area (Å²) in [6.45, 7) is 2.45. The first-order valence-electron chi connectivity index (χ1n) is 5.15. The van der Waals surface area contributed by atoms with E-state index < -0.39 is 0 Å². The van der Waals surface area contributed by atoms with Crippen molar-refractivity contribution in [2.75, 3.05) is 18.6 Å². The topological polar surface area (TPSA) is 46.6 Å². The van der Waals surface area contributed by atoms with Gasteiger partial charge in [-0.25, -0.2) is 4.79 Å². The Morgan fingerprint density at radius 2 is 2.35 bits per heavy atom. The molecule has 0 aromatic carbocycles. The molecule has 0 aliphatic carbocycles.